The van der Waals surface area contributed by atoms with Crippen molar-refractivity contribution in [3.8, 4) is 11.1 Å². The quantitative estimate of drug-likeness (QED) is 0.425. The molecule has 31 heavy (non-hydrogen) atoms. The first kappa shape index (κ1) is 22.7. The summed E-state index contributed by atoms with van der Waals surface area (Å²) in [5.74, 6) is -6.42. The maximum atomic E-state index is 14.5. The summed E-state index contributed by atoms with van der Waals surface area (Å²) in [6, 6.07) is 13.2. The van der Waals surface area contributed by atoms with E-state index in [1.165, 1.54) is 12.1 Å². The lowest BCUT2D eigenvalue weighted by molar-refractivity contribution is -0.137. The molecule has 1 N–H and O–H groups in total. The van der Waals surface area contributed by atoms with Gasteiger partial charge in [0.05, 0.1) is 23.2 Å². The van der Waals surface area contributed by atoms with Crippen LogP contribution in [0.3, 0.4) is 0 Å². The summed E-state index contributed by atoms with van der Waals surface area (Å²) in [6.07, 6.45) is -4.83. The van der Waals surface area contributed by atoms with Crippen molar-refractivity contribution in [2.75, 3.05) is 6.54 Å². The molecule has 0 spiro atoms. The Balaban J connectivity index is 1.78. The Morgan fingerprint density at radius 2 is 1.45 bits per heavy atom. The molecule has 0 unspecified atom stereocenters. The van der Waals surface area contributed by atoms with Crippen LogP contribution in [0.15, 0.2) is 66.7 Å². The summed E-state index contributed by atoms with van der Waals surface area (Å²) < 4.78 is 82.5. The second-order valence-electron chi connectivity index (χ2n) is 6.63. The first-order valence-corrected chi connectivity index (χ1v) is 9.25. The summed E-state index contributed by atoms with van der Waals surface area (Å²) in [6.45, 7) is -1.38. The number of amides is 1. The summed E-state index contributed by atoms with van der Waals surface area (Å²) in [7, 11) is 0. The van der Waals surface area contributed by atoms with Gasteiger partial charge in [0, 0.05) is 5.02 Å². The number of carbonyl (C=O) groups is 1. The van der Waals surface area contributed by atoms with Gasteiger partial charge in [0.25, 0.3) is 11.8 Å². The van der Waals surface area contributed by atoms with Crippen molar-refractivity contribution in [2.24, 2.45) is 0 Å². The standard InChI is InChI=1S/C22H14ClF6NO/c23-15-8-5-13(6-9-15)14-7-10-18(19(24)11-14)21(25,26)12-30-20(31)16-3-1-2-4-17(16)22(27,28)29/h1-11H,12H2,(H,30,31). The van der Waals surface area contributed by atoms with E-state index in [4.69, 9.17) is 11.6 Å². The van der Waals surface area contributed by atoms with E-state index in [1.807, 2.05) is 0 Å². The molecule has 3 aromatic rings. The average Bonchev–Trinajstić information content (AvgIpc) is 2.71. The predicted molar refractivity (Wildman–Crippen MR) is 105 cm³/mol. The van der Waals surface area contributed by atoms with Gasteiger partial charge in [0.15, 0.2) is 0 Å². The van der Waals surface area contributed by atoms with Crippen LogP contribution in [0.5, 0.6) is 0 Å². The molecule has 0 saturated heterocycles. The summed E-state index contributed by atoms with van der Waals surface area (Å²) in [5, 5.41) is 2.21. The predicted octanol–water partition coefficient (Wildman–Crippen LogP) is 6.69. The fourth-order valence-corrected chi connectivity index (χ4v) is 3.07. The van der Waals surface area contributed by atoms with E-state index in [9.17, 15) is 31.1 Å². The lowest BCUT2D eigenvalue weighted by Gasteiger charge is -2.19. The summed E-state index contributed by atoms with van der Waals surface area (Å²) in [5.41, 5.74) is -2.17. The fourth-order valence-electron chi connectivity index (χ4n) is 2.94. The van der Waals surface area contributed by atoms with Crippen molar-refractivity contribution in [3.63, 3.8) is 0 Å². The molecule has 0 fully saturated rings. The van der Waals surface area contributed by atoms with Crippen LogP contribution in [0.1, 0.15) is 21.5 Å². The maximum absolute atomic E-state index is 14.5. The molecule has 162 valence electrons. The van der Waals surface area contributed by atoms with Gasteiger partial charge in [0.2, 0.25) is 0 Å². The van der Waals surface area contributed by atoms with E-state index < -0.39 is 47.1 Å². The lowest BCUT2D eigenvalue weighted by atomic mass is 10.0. The monoisotopic (exact) mass is 457 g/mol. The minimum atomic E-state index is -4.83. The Morgan fingerprint density at radius 1 is 0.839 bits per heavy atom. The highest BCUT2D eigenvalue weighted by Crippen LogP contribution is 2.34. The Labute approximate surface area is 178 Å². The SMILES string of the molecule is O=C(NCC(F)(F)c1ccc(-c2ccc(Cl)cc2)cc1F)c1ccccc1C(F)(F)F. The number of hydrogen-bond acceptors (Lipinski definition) is 1. The molecule has 0 atom stereocenters. The number of rotatable bonds is 5. The normalized spacial score (nSPS) is 12.0. The van der Waals surface area contributed by atoms with Crippen molar-refractivity contribution in [2.45, 2.75) is 12.1 Å². The number of nitrogens with one attached hydrogen (secondary N) is 1. The van der Waals surface area contributed by atoms with Gasteiger partial charge in [-0.15, -0.1) is 0 Å². The minimum absolute atomic E-state index is 0.330. The Hall–Kier alpha value is -3.00. The zero-order valence-corrected chi connectivity index (χ0v) is 16.4. The third-order valence-corrected chi connectivity index (χ3v) is 4.74. The average molecular weight is 458 g/mol. The van der Waals surface area contributed by atoms with E-state index in [0.29, 0.717) is 22.2 Å². The van der Waals surface area contributed by atoms with Gasteiger partial charge in [-0.3, -0.25) is 4.79 Å². The van der Waals surface area contributed by atoms with Gasteiger partial charge in [-0.25, -0.2) is 4.39 Å². The number of alkyl halides is 5. The molecule has 0 aliphatic carbocycles. The van der Waals surface area contributed by atoms with Gasteiger partial charge in [-0.05, 0) is 47.5 Å². The zero-order chi connectivity index (χ0) is 22.8. The highest BCUT2D eigenvalue weighted by molar-refractivity contribution is 6.30. The number of benzene rings is 3. The lowest BCUT2D eigenvalue weighted by Crippen LogP contribution is -2.36. The van der Waals surface area contributed by atoms with E-state index in [2.05, 4.69) is 0 Å². The molecule has 9 heteroatoms. The Kier molecular flexibility index (Phi) is 6.31. The molecule has 3 rings (SSSR count). The molecule has 0 aliphatic heterocycles. The van der Waals surface area contributed by atoms with E-state index in [0.717, 1.165) is 24.3 Å². The molecule has 3 aromatic carbocycles. The van der Waals surface area contributed by atoms with Crippen molar-refractivity contribution in [1.29, 1.82) is 0 Å². The molecule has 0 bridgehead atoms. The first-order valence-electron chi connectivity index (χ1n) is 8.87. The summed E-state index contributed by atoms with van der Waals surface area (Å²) in [4.78, 5) is 12.1. The number of halogens is 7. The third-order valence-electron chi connectivity index (χ3n) is 4.49. The van der Waals surface area contributed by atoms with Crippen LogP contribution in [0, 0.1) is 5.82 Å². The van der Waals surface area contributed by atoms with E-state index in [1.54, 1.807) is 29.6 Å². The van der Waals surface area contributed by atoms with Crippen LogP contribution >= 0.6 is 11.6 Å². The van der Waals surface area contributed by atoms with E-state index >= 15 is 0 Å². The molecule has 0 aliphatic rings. The van der Waals surface area contributed by atoms with Crippen LogP contribution in [-0.4, -0.2) is 12.5 Å². The smallest absolute Gasteiger partial charge is 0.346 e. The molecule has 2 nitrogen and oxygen atoms in total. The maximum Gasteiger partial charge on any atom is 0.417 e. The van der Waals surface area contributed by atoms with Crippen LogP contribution in [0.2, 0.25) is 5.02 Å². The second kappa shape index (κ2) is 8.63. The van der Waals surface area contributed by atoms with Crippen LogP contribution in [0.25, 0.3) is 11.1 Å². The first-order chi connectivity index (χ1) is 14.5. The molecule has 0 radical (unpaired) electrons. The van der Waals surface area contributed by atoms with Crippen LogP contribution < -0.4 is 5.32 Å². The summed E-state index contributed by atoms with van der Waals surface area (Å²) >= 11 is 5.78. The third kappa shape index (κ3) is 5.19. The molecule has 0 heterocycles. The largest absolute Gasteiger partial charge is 0.417 e. The molecule has 0 aromatic heterocycles. The molecular weight excluding hydrogens is 444 g/mol. The van der Waals surface area contributed by atoms with Gasteiger partial charge in [-0.2, -0.15) is 22.0 Å². The highest BCUT2D eigenvalue weighted by Gasteiger charge is 2.37. The van der Waals surface area contributed by atoms with E-state index in [-0.39, 0.29) is 0 Å². The van der Waals surface area contributed by atoms with Gasteiger partial charge in [-0.1, -0.05) is 41.9 Å². The molecule has 1 amide bonds. The number of hydrogen-bond donors (Lipinski definition) is 1. The van der Waals surface area contributed by atoms with Crippen molar-refractivity contribution in [3.05, 3.63) is 94.3 Å². The van der Waals surface area contributed by atoms with Crippen molar-refractivity contribution < 1.29 is 31.1 Å². The second-order valence-corrected chi connectivity index (χ2v) is 7.07. The number of carbonyl (C=O) groups excluding carboxylic acids is 1. The fraction of sp³-hybridized carbons (Fsp3) is 0.136. The zero-order valence-electron chi connectivity index (χ0n) is 15.6. The molecular formula is C22H14ClF6NO. The van der Waals surface area contributed by atoms with Crippen LogP contribution in [-0.2, 0) is 12.1 Å². The topological polar surface area (TPSA) is 29.1 Å². The van der Waals surface area contributed by atoms with Crippen LogP contribution in [0.4, 0.5) is 26.3 Å². The Morgan fingerprint density at radius 3 is 2.06 bits per heavy atom. The Bertz CT molecular complexity index is 1100. The van der Waals surface area contributed by atoms with Gasteiger partial charge in [0.1, 0.15) is 5.82 Å². The van der Waals surface area contributed by atoms with Gasteiger partial charge < -0.3 is 5.32 Å². The molecule has 0 saturated carbocycles. The minimum Gasteiger partial charge on any atom is -0.346 e. The van der Waals surface area contributed by atoms with Gasteiger partial charge >= 0.3 is 6.18 Å². The van der Waals surface area contributed by atoms with Crippen molar-refractivity contribution in [1.82, 2.24) is 5.32 Å². The highest BCUT2D eigenvalue weighted by atomic mass is 35.5. The van der Waals surface area contributed by atoms with Crippen molar-refractivity contribution >= 4 is 17.5 Å².